The molecule has 5 nitrogen and oxygen atoms in total. The van der Waals surface area contributed by atoms with Crippen molar-refractivity contribution in [2.75, 3.05) is 0 Å². The Morgan fingerprint density at radius 3 is 2.33 bits per heavy atom. The van der Waals surface area contributed by atoms with Crippen molar-refractivity contribution in [1.82, 2.24) is 5.32 Å². The molecule has 5 N–H and O–H groups in total. The summed E-state index contributed by atoms with van der Waals surface area (Å²) in [4.78, 5) is 22.8. The van der Waals surface area contributed by atoms with Crippen LogP contribution in [0.1, 0.15) is 33.1 Å². The second kappa shape index (κ2) is 4.18. The van der Waals surface area contributed by atoms with Gasteiger partial charge in [0.1, 0.15) is 5.54 Å². The lowest BCUT2D eigenvalue weighted by molar-refractivity contribution is -0.132. The fourth-order valence-corrected chi connectivity index (χ4v) is 1.78. The number of hydrogen-bond donors (Lipinski definition) is 3. The van der Waals surface area contributed by atoms with E-state index in [2.05, 4.69) is 5.32 Å². The van der Waals surface area contributed by atoms with Crippen LogP contribution in [-0.2, 0) is 9.59 Å². The molecule has 0 aromatic heterocycles. The maximum atomic E-state index is 11.8. The van der Waals surface area contributed by atoms with E-state index in [4.69, 9.17) is 11.5 Å². The minimum absolute atomic E-state index is 0.0892. The maximum Gasteiger partial charge on any atom is 0.242 e. The predicted octanol–water partition coefficient (Wildman–Crippen LogP) is -0.506. The number of nitrogens with two attached hydrogens (primary N) is 2. The molecule has 0 aromatic rings. The molecule has 2 amide bonds. The zero-order valence-electron chi connectivity index (χ0n) is 9.25. The molecule has 1 aliphatic carbocycles. The van der Waals surface area contributed by atoms with Crippen molar-refractivity contribution in [3.8, 4) is 0 Å². The summed E-state index contributed by atoms with van der Waals surface area (Å²) >= 11 is 0. The van der Waals surface area contributed by atoms with E-state index in [1.807, 2.05) is 0 Å². The molecule has 86 valence electrons. The Morgan fingerprint density at radius 1 is 1.33 bits per heavy atom. The average molecular weight is 213 g/mol. The van der Waals surface area contributed by atoms with Crippen LogP contribution in [0.4, 0.5) is 0 Å². The molecule has 0 saturated heterocycles. The smallest absolute Gasteiger partial charge is 0.242 e. The van der Waals surface area contributed by atoms with E-state index < -0.39 is 11.4 Å². The molecule has 0 radical (unpaired) electrons. The Labute approximate surface area is 89.6 Å². The van der Waals surface area contributed by atoms with Crippen LogP contribution in [0.25, 0.3) is 0 Å². The summed E-state index contributed by atoms with van der Waals surface area (Å²) in [5.74, 6) is -0.880. The molecule has 0 bridgehead atoms. The monoisotopic (exact) mass is 213 g/mol. The SMILES string of the molecule is CC(C)(NC(=O)C1CCCC1N)C(N)=O. The highest BCUT2D eigenvalue weighted by Gasteiger charge is 2.35. The van der Waals surface area contributed by atoms with Gasteiger partial charge in [-0.15, -0.1) is 0 Å². The van der Waals surface area contributed by atoms with Crippen LogP contribution < -0.4 is 16.8 Å². The second-order valence-electron chi connectivity index (χ2n) is 4.68. The lowest BCUT2D eigenvalue weighted by Gasteiger charge is -2.25. The van der Waals surface area contributed by atoms with Gasteiger partial charge in [-0.2, -0.15) is 0 Å². The van der Waals surface area contributed by atoms with Crippen molar-refractivity contribution >= 4 is 11.8 Å². The molecule has 2 unspecified atom stereocenters. The number of hydrogen-bond acceptors (Lipinski definition) is 3. The predicted molar refractivity (Wildman–Crippen MR) is 56.7 cm³/mol. The van der Waals surface area contributed by atoms with Crippen LogP contribution in [0, 0.1) is 5.92 Å². The van der Waals surface area contributed by atoms with Crippen molar-refractivity contribution in [3.05, 3.63) is 0 Å². The van der Waals surface area contributed by atoms with Gasteiger partial charge in [0.15, 0.2) is 0 Å². The van der Waals surface area contributed by atoms with E-state index in [9.17, 15) is 9.59 Å². The Morgan fingerprint density at radius 2 is 1.93 bits per heavy atom. The molecule has 15 heavy (non-hydrogen) atoms. The summed E-state index contributed by atoms with van der Waals surface area (Å²) < 4.78 is 0. The molecule has 0 aromatic carbocycles. The first-order valence-electron chi connectivity index (χ1n) is 5.22. The van der Waals surface area contributed by atoms with Crippen molar-refractivity contribution in [1.29, 1.82) is 0 Å². The fourth-order valence-electron chi connectivity index (χ4n) is 1.78. The lowest BCUT2D eigenvalue weighted by atomic mass is 9.99. The summed E-state index contributed by atoms with van der Waals surface area (Å²) in [6, 6.07) is -0.0892. The number of carbonyl (C=O) groups is 2. The van der Waals surface area contributed by atoms with Gasteiger partial charge in [0.05, 0.1) is 5.92 Å². The molecule has 5 heteroatoms. The number of rotatable bonds is 3. The highest BCUT2D eigenvalue weighted by atomic mass is 16.2. The molecule has 1 saturated carbocycles. The van der Waals surface area contributed by atoms with Gasteiger partial charge in [-0.3, -0.25) is 9.59 Å². The van der Waals surface area contributed by atoms with Crippen LogP contribution in [0.5, 0.6) is 0 Å². The van der Waals surface area contributed by atoms with Gasteiger partial charge in [0.2, 0.25) is 11.8 Å². The Hall–Kier alpha value is -1.10. The van der Waals surface area contributed by atoms with E-state index in [0.717, 1.165) is 19.3 Å². The molecule has 1 fully saturated rings. The van der Waals surface area contributed by atoms with Crippen molar-refractivity contribution < 1.29 is 9.59 Å². The third-order valence-corrected chi connectivity index (χ3v) is 2.96. The number of primary amides is 1. The average Bonchev–Trinajstić information content (AvgIpc) is 2.50. The van der Waals surface area contributed by atoms with Crippen molar-refractivity contribution in [3.63, 3.8) is 0 Å². The zero-order valence-corrected chi connectivity index (χ0v) is 9.25. The van der Waals surface area contributed by atoms with Gasteiger partial charge in [-0.1, -0.05) is 6.42 Å². The van der Waals surface area contributed by atoms with Crippen LogP contribution >= 0.6 is 0 Å². The zero-order chi connectivity index (χ0) is 11.6. The van der Waals surface area contributed by atoms with Crippen molar-refractivity contribution in [2.45, 2.75) is 44.7 Å². The summed E-state index contributed by atoms with van der Waals surface area (Å²) in [5, 5.41) is 2.63. The summed E-state index contributed by atoms with van der Waals surface area (Å²) in [6.45, 7) is 3.18. The second-order valence-corrected chi connectivity index (χ2v) is 4.68. The molecule has 0 aliphatic heterocycles. The van der Waals surface area contributed by atoms with Gasteiger partial charge in [-0.25, -0.2) is 0 Å². The third-order valence-electron chi connectivity index (χ3n) is 2.96. The normalized spacial score (nSPS) is 26.3. The fraction of sp³-hybridized carbons (Fsp3) is 0.800. The van der Waals surface area contributed by atoms with Crippen LogP contribution in [0.15, 0.2) is 0 Å². The minimum Gasteiger partial charge on any atom is -0.368 e. The molecular weight excluding hydrogens is 194 g/mol. The largest absolute Gasteiger partial charge is 0.368 e. The molecule has 1 aliphatic rings. The van der Waals surface area contributed by atoms with Crippen molar-refractivity contribution in [2.24, 2.45) is 17.4 Å². The number of amides is 2. The summed E-state index contributed by atoms with van der Waals surface area (Å²) in [6.07, 6.45) is 2.63. The van der Waals surface area contributed by atoms with Crippen LogP contribution in [0.2, 0.25) is 0 Å². The number of carbonyl (C=O) groups excluding carboxylic acids is 2. The van der Waals surface area contributed by atoms with Gasteiger partial charge >= 0.3 is 0 Å². The quantitative estimate of drug-likeness (QED) is 0.589. The Bertz CT molecular complexity index is 276. The van der Waals surface area contributed by atoms with Gasteiger partial charge in [0.25, 0.3) is 0 Å². The first kappa shape index (κ1) is 12.0. The highest BCUT2D eigenvalue weighted by molar-refractivity contribution is 5.90. The molecule has 2 atom stereocenters. The lowest BCUT2D eigenvalue weighted by Crippen LogP contribution is -2.55. The van der Waals surface area contributed by atoms with Gasteiger partial charge in [-0.05, 0) is 26.7 Å². The molecular formula is C10H19N3O2. The van der Waals surface area contributed by atoms with E-state index >= 15 is 0 Å². The number of nitrogens with one attached hydrogen (secondary N) is 1. The molecule has 0 spiro atoms. The van der Waals surface area contributed by atoms with Gasteiger partial charge < -0.3 is 16.8 Å². The maximum absolute atomic E-state index is 11.8. The third kappa shape index (κ3) is 2.68. The first-order valence-corrected chi connectivity index (χ1v) is 5.22. The van der Waals surface area contributed by atoms with E-state index in [1.54, 1.807) is 13.8 Å². The Balaban J connectivity index is 2.59. The molecule has 0 heterocycles. The summed E-state index contributed by atoms with van der Waals surface area (Å²) in [5.41, 5.74) is 9.96. The highest BCUT2D eigenvalue weighted by Crippen LogP contribution is 2.24. The van der Waals surface area contributed by atoms with Crippen LogP contribution in [0.3, 0.4) is 0 Å². The summed E-state index contributed by atoms with van der Waals surface area (Å²) in [7, 11) is 0. The minimum atomic E-state index is -1.00. The van der Waals surface area contributed by atoms with E-state index in [1.165, 1.54) is 0 Å². The van der Waals surface area contributed by atoms with Gasteiger partial charge in [0, 0.05) is 6.04 Å². The molecule has 1 rings (SSSR count). The standard InChI is InChI=1S/C10H19N3O2/c1-10(2,9(12)15)13-8(14)6-4-3-5-7(6)11/h6-7H,3-5,11H2,1-2H3,(H2,12,15)(H,13,14). The Kier molecular flexibility index (Phi) is 3.34. The van der Waals surface area contributed by atoms with Crippen LogP contribution in [-0.4, -0.2) is 23.4 Å². The topological polar surface area (TPSA) is 98.2 Å². The van der Waals surface area contributed by atoms with E-state index in [0.29, 0.717) is 0 Å². The first-order chi connectivity index (χ1) is 6.84. The van der Waals surface area contributed by atoms with E-state index in [-0.39, 0.29) is 17.9 Å².